The number of carbonyl (C=O) groups is 2. The van der Waals surface area contributed by atoms with Crippen LogP contribution in [0.2, 0.25) is 0 Å². The Kier molecular flexibility index (Phi) is 5.37. The van der Waals surface area contributed by atoms with Gasteiger partial charge in [-0.1, -0.05) is 12.1 Å². The smallest absolute Gasteiger partial charge is 0.228 e. The lowest BCUT2D eigenvalue weighted by Crippen LogP contribution is -2.48. The lowest BCUT2D eigenvalue weighted by atomic mass is 10.1. The van der Waals surface area contributed by atoms with Gasteiger partial charge in [-0.05, 0) is 12.1 Å². The van der Waals surface area contributed by atoms with Gasteiger partial charge in [0.15, 0.2) is 0 Å². The van der Waals surface area contributed by atoms with E-state index in [9.17, 15) is 14.0 Å². The van der Waals surface area contributed by atoms with E-state index in [0.717, 1.165) is 13.1 Å². The average Bonchev–Trinajstić information content (AvgIpc) is 2.90. The molecule has 2 saturated heterocycles. The molecule has 0 radical (unpaired) electrons. The molecule has 2 fully saturated rings. The molecule has 120 valence electrons. The van der Waals surface area contributed by atoms with Crippen molar-refractivity contribution in [2.24, 2.45) is 5.92 Å². The van der Waals surface area contributed by atoms with Gasteiger partial charge < -0.3 is 15.1 Å². The number of hydrogen-bond donors (Lipinski definition) is 1. The van der Waals surface area contributed by atoms with Crippen molar-refractivity contribution >= 4 is 29.9 Å². The number of nitrogens with one attached hydrogen (secondary N) is 1. The molecule has 2 aliphatic heterocycles. The first-order chi connectivity index (χ1) is 10.2. The van der Waals surface area contributed by atoms with Crippen LogP contribution in [-0.2, 0) is 9.59 Å². The topological polar surface area (TPSA) is 52.7 Å². The number of benzene rings is 1. The molecule has 5 nitrogen and oxygen atoms in total. The number of anilines is 1. The van der Waals surface area contributed by atoms with Gasteiger partial charge in [0.05, 0.1) is 11.6 Å². The van der Waals surface area contributed by atoms with Crippen molar-refractivity contribution in [1.82, 2.24) is 10.2 Å². The Morgan fingerprint density at radius 2 is 1.91 bits per heavy atom. The number of hydrogen-bond acceptors (Lipinski definition) is 3. The second-order valence-corrected chi connectivity index (χ2v) is 5.43. The Morgan fingerprint density at radius 3 is 2.59 bits per heavy atom. The van der Waals surface area contributed by atoms with Crippen LogP contribution in [0.5, 0.6) is 0 Å². The van der Waals surface area contributed by atoms with Crippen molar-refractivity contribution in [2.45, 2.75) is 6.42 Å². The van der Waals surface area contributed by atoms with E-state index in [1.54, 1.807) is 23.1 Å². The molecule has 7 heteroatoms. The summed E-state index contributed by atoms with van der Waals surface area (Å²) in [5, 5.41) is 3.19. The largest absolute Gasteiger partial charge is 0.340 e. The van der Waals surface area contributed by atoms with Gasteiger partial charge >= 0.3 is 0 Å². The number of halogens is 2. The van der Waals surface area contributed by atoms with Crippen molar-refractivity contribution in [3.05, 3.63) is 30.1 Å². The van der Waals surface area contributed by atoms with E-state index in [0.29, 0.717) is 13.1 Å². The van der Waals surface area contributed by atoms with Gasteiger partial charge in [-0.3, -0.25) is 9.59 Å². The van der Waals surface area contributed by atoms with E-state index in [4.69, 9.17) is 0 Å². The van der Waals surface area contributed by atoms with Crippen molar-refractivity contribution in [1.29, 1.82) is 0 Å². The van der Waals surface area contributed by atoms with Crippen LogP contribution in [0.3, 0.4) is 0 Å². The van der Waals surface area contributed by atoms with Crippen LogP contribution in [-0.4, -0.2) is 49.4 Å². The number of carbonyl (C=O) groups excluding carboxylic acids is 2. The van der Waals surface area contributed by atoms with Crippen molar-refractivity contribution < 1.29 is 14.0 Å². The minimum Gasteiger partial charge on any atom is -0.340 e. The maximum absolute atomic E-state index is 13.8. The molecule has 1 N–H and O–H groups in total. The average molecular weight is 328 g/mol. The summed E-state index contributed by atoms with van der Waals surface area (Å²) in [6, 6.07) is 6.18. The van der Waals surface area contributed by atoms with Gasteiger partial charge in [0, 0.05) is 39.1 Å². The van der Waals surface area contributed by atoms with E-state index in [2.05, 4.69) is 5.32 Å². The number of piperazine rings is 1. The highest BCUT2D eigenvalue weighted by Crippen LogP contribution is 2.28. The van der Waals surface area contributed by atoms with Crippen LogP contribution >= 0.6 is 12.4 Å². The molecule has 1 atom stereocenters. The van der Waals surface area contributed by atoms with E-state index >= 15 is 0 Å². The van der Waals surface area contributed by atoms with Crippen LogP contribution in [0.15, 0.2) is 24.3 Å². The summed E-state index contributed by atoms with van der Waals surface area (Å²) >= 11 is 0. The van der Waals surface area contributed by atoms with E-state index < -0.39 is 5.82 Å². The summed E-state index contributed by atoms with van der Waals surface area (Å²) < 4.78 is 13.8. The molecular formula is C15H19ClFN3O2. The molecule has 1 unspecified atom stereocenters. The predicted octanol–water partition coefficient (Wildman–Crippen LogP) is 1.03. The zero-order valence-electron chi connectivity index (χ0n) is 12.1. The maximum atomic E-state index is 13.8. The molecule has 3 rings (SSSR count). The Morgan fingerprint density at radius 1 is 1.23 bits per heavy atom. The number of rotatable bonds is 2. The lowest BCUT2D eigenvalue weighted by molar-refractivity contribution is -0.136. The molecule has 0 spiro atoms. The molecule has 2 aliphatic rings. The lowest BCUT2D eigenvalue weighted by Gasteiger charge is -2.29. The summed E-state index contributed by atoms with van der Waals surface area (Å²) in [7, 11) is 0. The summed E-state index contributed by atoms with van der Waals surface area (Å²) in [6.45, 7) is 3.17. The fourth-order valence-corrected chi connectivity index (χ4v) is 2.92. The van der Waals surface area contributed by atoms with Crippen molar-refractivity contribution in [3.63, 3.8) is 0 Å². The van der Waals surface area contributed by atoms with Gasteiger partial charge in [-0.15, -0.1) is 12.4 Å². The standard InChI is InChI=1S/C15H18FN3O2.ClH/c16-12-3-1-2-4-13(12)19-10-11(9-14(19)20)15(21)18-7-5-17-6-8-18;/h1-4,11,17H,5-10H2;1H. The summed E-state index contributed by atoms with van der Waals surface area (Å²) in [6.07, 6.45) is 0.164. The van der Waals surface area contributed by atoms with E-state index in [1.165, 1.54) is 11.0 Å². The fraction of sp³-hybridized carbons (Fsp3) is 0.467. The highest BCUT2D eigenvalue weighted by molar-refractivity contribution is 6.00. The monoisotopic (exact) mass is 327 g/mol. The summed E-state index contributed by atoms with van der Waals surface area (Å²) in [4.78, 5) is 27.7. The SMILES string of the molecule is Cl.O=C(C1CC(=O)N(c2ccccc2F)C1)N1CCNCC1. The fourth-order valence-electron chi connectivity index (χ4n) is 2.92. The first-order valence-corrected chi connectivity index (χ1v) is 7.21. The molecule has 1 aromatic rings. The van der Waals surface area contributed by atoms with E-state index in [-0.39, 0.29) is 48.8 Å². The summed E-state index contributed by atoms with van der Waals surface area (Å²) in [5.74, 6) is -0.978. The Hall–Kier alpha value is -1.66. The van der Waals surface area contributed by atoms with Gasteiger partial charge in [-0.25, -0.2) is 4.39 Å². The van der Waals surface area contributed by atoms with E-state index in [1.807, 2.05) is 0 Å². The van der Waals surface area contributed by atoms with Crippen molar-refractivity contribution in [2.75, 3.05) is 37.6 Å². The van der Waals surface area contributed by atoms with Crippen molar-refractivity contribution in [3.8, 4) is 0 Å². The first-order valence-electron chi connectivity index (χ1n) is 7.21. The Bertz CT molecular complexity index is 563. The minimum absolute atomic E-state index is 0. The van der Waals surface area contributed by atoms with Gasteiger partial charge in [0.25, 0.3) is 0 Å². The third-order valence-corrected chi connectivity index (χ3v) is 4.05. The van der Waals surface area contributed by atoms with Crippen LogP contribution in [0, 0.1) is 11.7 Å². The van der Waals surface area contributed by atoms with Crippen LogP contribution in [0.4, 0.5) is 10.1 Å². The maximum Gasteiger partial charge on any atom is 0.228 e. The normalized spacial score (nSPS) is 21.7. The second-order valence-electron chi connectivity index (χ2n) is 5.43. The zero-order chi connectivity index (χ0) is 14.8. The molecule has 22 heavy (non-hydrogen) atoms. The van der Waals surface area contributed by atoms with Gasteiger partial charge in [0.1, 0.15) is 5.82 Å². The first kappa shape index (κ1) is 16.7. The van der Waals surface area contributed by atoms with Gasteiger partial charge in [0.2, 0.25) is 11.8 Å². The number of para-hydroxylation sites is 1. The number of amides is 2. The summed E-state index contributed by atoms with van der Waals surface area (Å²) in [5.41, 5.74) is 0.262. The molecule has 0 aliphatic carbocycles. The predicted molar refractivity (Wildman–Crippen MR) is 83.6 cm³/mol. The third-order valence-electron chi connectivity index (χ3n) is 4.05. The Balaban J connectivity index is 0.00000176. The second kappa shape index (κ2) is 7.07. The van der Waals surface area contributed by atoms with Crippen LogP contribution < -0.4 is 10.2 Å². The highest BCUT2D eigenvalue weighted by Gasteiger charge is 2.38. The third kappa shape index (κ3) is 3.23. The molecule has 2 amide bonds. The molecule has 0 aromatic heterocycles. The molecule has 0 bridgehead atoms. The highest BCUT2D eigenvalue weighted by atomic mass is 35.5. The zero-order valence-corrected chi connectivity index (χ0v) is 12.9. The number of nitrogens with zero attached hydrogens (tertiary/aromatic N) is 2. The molecule has 2 heterocycles. The molecule has 0 saturated carbocycles. The van der Waals surface area contributed by atoms with Gasteiger partial charge in [-0.2, -0.15) is 0 Å². The van der Waals surface area contributed by atoms with Crippen LogP contribution in [0.25, 0.3) is 0 Å². The Labute approximate surface area is 134 Å². The van der Waals surface area contributed by atoms with Crippen LogP contribution in [0.1, 0.15) is 6.42 Å². The quantitative estimate of drug-likeness (QED) is 0.883. The minimum atomic E-state index is -0.430. The molecular weight excluding hydrogens is 309 g/mol. The molecule has 1 aromatic carbocycles.